The summed E-state index contributed by atoms with van der Waals surface area (Å²) in [5, 5.41) is 0. The molecule has 2 aliphatic heterocycles. The van der Waals surface area contributed by atoms with Crippen LogP contribution in [0, 0.1) is 0 Å². The van der Waals surface area contributed by atoms with E-state index in [0.717, 1.165) is 10.9 Å². The topological polar surface area (TPSA) is 98.2 Å². The molecule has 0 saturated carbocycles. The van der Waals surface area contributed by atoms with E-state index in [1.807, 2.05) is 48.5 Å². The molecule has 0 bridgehead atoms. The predicted octanol–water partition coefficient (Wildman–Crippen LogP) is -0.211. The van der Waals surface area contributed by atoms with E-state index < -0.39 is 14.2 Å². The first-order valence-corrected chi connectivity index (χ1v) is 9.00. The van der Waals surface area contributed by atoms with Gasteiger partial charge in [-0.15, -0.1) is 0 Å². The highest BCUT2D eigenvalue weighted by Crippen LogP contribution is 2.13. The highest BCUT2D eigenvalue weighted by molar-refractivity contribution is 6.62. The minimum Gasteiger partial charge on any atom is -0.405 e. The lowest BCUT2D eigenvalue weighted by atomic mass is 9.79. The molecule has 0 aliphatic carbocycles. The van der Waals surface area contributed by atoms with Crippen LogP contribution in [0.25, 0.3) is 0 Å². The van der Waals surface area contributed by atoms with Crippen LogP contribution in [0.5, 0.6) is 0 Å². The predicted molar refractivity (Wildman–Crippen MR) is 105 cm³/mol. The lowest BCUT2D eigenvalue weighted by Crippen LogP contribution is -2.34. The summed E-state index contributed by atoms with van der Waals surface area (Å²) >= 11 is 0. The van der Waals surface area contributed by atoms with Crippen molar-refractivity contribution < 1.29 is 23.4 Å². The summed E-state index contributed by atoms with van der Waals surface area (Å²) in [6.07, 6.45) is -0.244. The molecule has 2 aromatic rings. The molecule has 140 valence electrons. The average Bonchev–Trinajstić information content (AvgIpc) is 3.32. The van der Waals surface area contributed by atoms with E-state index in [1.165, 1.54) is 0 Å². The quantitative estimate of drug-likeness (QED) is 0.538. The summed E-state index contributed by atoms with van der Waals surface area (Å²) in [5.74, 6) is 0. The molecule has 2 heterocycles. The second kappa shape index (κ2) is 8.33. The smallest absolute Gasteiger partial charge is 0.405 e. The fraction of sp³-hybridized carbons (Fsp3) is 0.333. The first-order chi connectivity index (χ1) is 13.2. The van der Waals surface area contributed by atoms with Gasteiger partial charge in [-0.3, -0.25) is 0 Å². The van der Waals surface area contributed by atoms with E-state index in [1.54, 1.807) is 0 Å². The SMILES string of the molecule is Nc1cccc(B2OCC(COCC3COB(c4cccc(N)c4)O3)O2)c1. The highest BCUT2D eigenvalue weighted by Gasteiger charge is 2.35. The van der Waals surface area contributed by atoms with E-state index in [9.17, 15) is 0 Å². The van der Waals surface area contributed by atoms with Crippen LogP contribution < -0.4 is 22.4 Å². The third-order valence-electron chi connectivity index (χ3n) is 4.47. The Kier molecular flexibility index (Phi) is 5.66. The summed E-state index contributed by atoms with van der Waals surface area (Å²) < 4.78 is 28.9. The van der Waals surface area contributed by atoms with Crippen molar-refractivity contribution in [1.29, 1.82) is 0 Å². The van der Waals surface area contributed by atoms with Crippen LogP contribution in [-0.4, -0.2) is 52.9 Å². The number of hydrogen-bond donors (Lipinski definition) is 2. The Labute approximate surface area is 159 Å². The number of ether oxygens (including phenoxy) is 1. The largest absolute Gasteiger partial charge is 0.494 e. The molecule has 2 aliphatic rings. The molecule has 2 fully saturated rings. The highest BCUT2D eigenvalue weighted by atomic mass is 16.7. The maximum Gasteiger partial charge on any atom is 0.494 e. The van der Waals surface area contributed by atoms with Crippen molar-refractivity contribution in [3.8, 4) is 0 Å². The van der Waals surface area contributed by atoms with E-state index in [0.29, 0.717) is 37.8 Å². The minimum atomic E-state index is -0.402. The van der Waals surface area contributed by atoms with E-state index in [2.05, 4.69) is 0 Å². The van der Waals surface area contributed by atoms with E-state index in [4.69, 9.17) is 34.8 Å². The summed E-state index contributed by atoms with van der Waals surface area (Å²) in [4.78, 5) is 0. The molecule has 0 aromatic heterocycles. The number of anilines is 2. The van der Waals surface area contributed by atoms with Gasteiger partial charge in [0.15, 0.2) is 0 Å². The standard InChI is InChI=1S/C18H22B2N2O5/c21-15-5-1-3-13(7-15)19-24-11-17(26-19)9-23-10-18-12-25-20(27-18)14-4-2-6-16(22)8-14/h1-8,17-18H,9-12,21-22H2. The van der Waals surface area contributed by atoms with E-state index in [-0.39, 0.29) is 12.2 Å². The van der Waals surface area contributed by atoms with Gasteiger partial charge < -0.3 is 34.8 Å². The molecule has 9 heteroatoms. The average molecular weight is 368 g/mol. The zero-order valence-electron chi connectivity index (χ0n) is 15.0. The summed E-state index contributed by atoms with van der Waals surface area (Å²) in [6, 6.07) is 15.0. The first kappa shape index (κ1) is 18.3. The second-order valence-corrected chi connectivity index (χ2v) is 6.72. The number of benzene rings is 2. The fourth-order valence-corrected chi connectivity index (χ4v) is 3.16. The number of rotatable bonds is 6. The maximum atomic E-state index is 5.88. The molecule has 2 aromatic carbocycles. The summed E-state index contributed by atoms with van der Waals surface area (Å²) in [6.45, 7) is 1.82. The van der Waals surface area contributed by atoms with Gasteiger partial charge in [0.2, 0.25) is 0 Å². The Morgan fingerprint density at radius 3 is 1.74 bits per heavy atom. The van der Waals surface area contributed by atoms with Gasteiger partial charge in [0, 0.05) is 11.4 Å². The Bertz CT molecular complexity index is 717. The van der Waals surface area contributed by atoms with Crippen molar-refractivity contribution in [3.63, 3.8) is 0 Å². The molecule has 7 nitrogen and oxygen atoms in total. The van der Waals surface area contributed by atoms with Gasteiger partial charge in [0.05, 0.1) is 38.6 Å². The maximum absolute atomic E-state index is 5.88. The monoisotopic (exact) mass is 368 g/mol. The summed E-state index contributed by atoms with van der Waals surface area (Å²) in [7, 11) is -0.804. The minimum absolute atomic E-state index is 0.122. The van der Waals surface area contributed by atoms with Gasteiger partial charge in [-0.2, -0.15) is 0 Å². The lowest BCUT2D eigenvalue weighted by molar-refractivity contribution is 0.0190. The fourth-order valence-electron chi connectivity index (χ4n) is 3.16. The van der Waals surface area contributed by atoms with Gasteiger partial charge in [-0.25, -0.2) is 0 Å². The number of hydrogen-bond acceptors (Lipinski definition) is 7. The van der Waals surface area contributed by atoms with Crippen molar-refractivity contribution in [2.45, 2.75) is 12.2 Å². The molecule has 2 atom stereocenters. The second-order valence-electron chi connectivity index (χ2n) is 6.72. The lowest BCUT2D eigenvalue weighted by Gasteiger charge is -2.14. The molecule has 27 heavy (non-hydrogen) atoms. The zero-order chi connectivity index (χ0) is 18.6. The van der Waals surface area contributed by atoms with Crippen LogP contribution in [-0.2, 0) is 23.4 Å². The Hall–Kier alpha value is -2.03. The van der Waals surface area contributed by atoms with Crippen LogP contribution in [0.3, 0.4) is 0 Å². The summed E-state index contributed by atoms with van der Waals surface area (Å²) in [5.41, 5.74) is 14.8. The third-order valence-corrected chi connectivity index (χ3v) is 4.47. The Balaban J connectivity index is 1.20. The van der Waals surface area contributed by atoms with Crippen molar-refractivity contribution in [2.75, 3.05) is 37.9 Å². The molecule has 2 saturated heterocycles. The Morgan fingerprint density at radius 2 is 1.30 bits per heavy atom. The molecule has 4 rings (SSSR count). The van der Waals surface area contributed by atoms with Crippen LogP contribution in [0.4, 0.5) is 11.4 Å². The van der Waals surface area contributed by atoms with Gasteiger partial charge in [0.25, 0.3) is 0 Å². The van der Waals surface area contributed by atoms with Crippen LogP contribution in [0.2, 0.25) is 0 Å². The molecule has 0 spiro atoms. The van der Waals surface area contributed by atoms with Gasteiger partial charge in [0.1, 0.15) is 0 Å². The molecule has 0 amide bonds. The molecular weight excluding hydrogens is 346 g/mol. The van der Waals surface area contributed by atoms with E-state index >= 15 is 0 Å². The van der Waals surface area contributed by atoms with Crippen molar-refractivity contribution in [1.82, 2.24) is 0 Å². The van der Waals surface area contributed by atoms with Gasteiger partial charge >= 0.3 is 14.2 Å². The Morgan fingerprint density at radius 1 is 0.815 bits per heavy atom. The zero-order valence-corrected chi connectivity index (χ0v) is 15.0. The molecule has 2 unspecified atom stereocenters. The van der Waals surface area contributed by atoms with Crippen molar-refractivity contribution in [3.05, 3.63) is 48.5 Å². The first-order valence-electron chi connectivity index (χ1n) is 9.00. The van der Waals surface area contributed by atoms with Crippen LogP contribution in [0.15, 0.2) is 48.5 Å². The third kappa shape index (κ3) is 4.63. The molecule has 0 radical (unpaired) electrons. The molecule has 4 N–H and O–H groups in total. The van der Waals surface area contributed by atoms with Gasteiger partial charge in [-0.1, -0.05) is 24.3 Å². The van der Waals surface area contributed by atoms with Gasteiger partial charge in [-0.05, 0) is 35.2 Å². The molecular formula is C18H22B2N2O5. The number of nitrogens with two attached hydrogens (primary N) is 2. The van der Waals surface area contributed by atoms with Crippen molar-refractivity contribution in [2.24, 2.45) is 0 Å². The normalized spacial score (nSPS) is 22.5. The van der Waals surface area contributed by atoms with Crippen LogP contribution >= 0.6 is 0 Å². The van der Waals surface area contributed by atoms with Crippen molar-refractivity contribution >= 4 is 36.5 Å². The number of nitrogen functional groups attached to an aromatic ring is 2. The van der Waals surface area contributed by atoms with Crippen LogP contribution in [0.1, 0.15) is 0 Å².